The van der Waals surface area contributed by atoms with Crippen LogP contribution < -0.4 is 0 Å². The van der Waals surface area contributed by atoms with E-state index >= 15 is 0 Å². The molecule has 2 aliphatic heterocycles. The molecule has 0 bridgehead atoms. The van der Waals surface area contributed by atoms with Crippen LogP contribution >= 0.6 is 20.1 Å². The zero-order valence-corrected chi connectivity index (χ0v) is 16.9. The van der Waals surface area contributed by atoms with Crippen molar-refractivity contribution in [3.63, 3.8) is 0 Å². The van der Waals surface area contributed by atoms with Gasteiger partial charge in [0.05, 0.1) is 0 Å². The Morgan fingerprint density at radius 1 is 1.05 bits per heavy atom. The second kappa shape index (κ2) is 9.62. The summed E-state index contributed by atoms with van der Waals surface area (Å²) >= 11 is -0.181. The molecule has 0 atom stereocenters. The third-order valence-electron chi connectivity index (χ3n) is 5.22. The van der Waals surface area contributed by atoms with E-state index in [1.807, 2.05) is 0 Å². The summed E-state index contributed by atoms with van der Waals surface area (Å²) < 4.78 is 0. The molecule has 2 fully saturated rings. The summed E-state index contributed by atoms with van der Waals surface area (Å²) in [6.45, 7) is 9.57. The van der Waals surface area contributed by atoms with Gasteiger partial charge in [0, 0.05) is 31.7 Å². The molecule has 6 heteroatoms. The summed E-state index contributed by atoms with van der Waals surface area (Å²) in [5.74, 6) is 2.17. The first-order valence-corrected chi connectivity index (χ1v) is 11.6. The molecule has 0 amide bonds. The van der Waals surface area contributed by atoms with Crippen LogP contribution in [0.2, 0.25) is 0 Å². The minimum atomic E-state index is -0.181. The van der Waals surface area contributed by atoms with Crippen LogP contribution in [-0.4, -0.2) is 47.5 Å². The molecule has 1 aliphatic carbocycles. The van der Waals surface area contributed by atoms with Gasteiger partial charge >= 0.3 is 33.5 Å². The molecule has 0 spiro atoms. The van der Waals surface area contributed by atoms with Gasteiger partial charge < -0.3 is 17.2 Å². The molecule has 3 nitrogen and oxygen atoms in total. The number of guanidine groups is 1. The molecule has 0 aromatic carbocycles. The maximum atomic E-state index is 4.84. The molecule has 3 rings (SSSR count). The van der Waals surface area contributed by atoms with Crippen molar-refractivity contribution in [2.75, 3.05) is 26.2 Å². The second-order valence-corrected chi connectivity index (χ2v) is 8.83. The summed E-state index contributed by atoms with van der Waals surface area (Å²) in [6.07, 6.45) is 8.22. The Balaban J connectivity index is 0.000000562. The molecular formula is C16H30Cl2CrN3. The van der Waals surface area contributed by atoms with Crippen molar-refractivity contribution in [3.05, 3.63) is 7.43 Å². The van der Waals surface area contributed by atoms with E-state index in [1.54, 1.807) is 0 Å². The maximum absolute atomic E-state index is 4.84. The van der Waals surface area contributed by atoms with E-state index in [0.29, 0.717) is 5.54 Å². The first kappa shape index (κ1) is 20.4. The number of halogens is 2. The summed E-state index contributed by atoms with van der Waals surface area (Å²) in [5.41, 5.74) is 0.297. The fraction of sp³-hybridized carbons (Fsp3) is 0.875. The van der Waals surface area contributed by atoms with Gasteiger partial charge in [-0.05, 0) is 45.4 Å². The Bertz CT molecular complexity index is 357. The predicted octanol–water partition coefficient (Wildman–Crippen LogP) is 4.55. The van der Waals surface area contributed by atoms with Crippen LogP contribution in [0, 0.1) is 13.3 Å². The van der Waals surface area contributed by atoms with Crippen LogP contribution in [0.25, 0.3) is 0 Å². The average molecular weight is 387 g/mol. The summed E-state index contributed by atoms with van der Waals surface area (Å²) in [4.78, 5) is 9.99. The van der Waals surface area contributed by atoms with Gasteiger partial charge in [0.1, 0.15) is 0 Å². The molecule has 2 heterocycles. The third kappa shape index (κ3) is 4.70. The standard InChI is InChI=1S/C15H27N3.CH3.2ClH.Cr/c1-15(2,13-7-3-4-8-13)18-12-6-11-17-10-5-9-16-14(17)18;;;;/h13H,3-12H2,1-2H3;1H3;2*1H;/q;-1;;;+3/p-2. The van der Waals surface area contributed by atoms with Crippen molar-refractivity contribution in [2.24, 2.45) is 10.9 Å². The number of fused-ring (bicyclic) bond motifs is 1. The molecule has 1 saturated carbocycles. The zero-order chi connectivity index (χ0) is 15.3. The minimum absolute atomic E-state index is 0. The van der Waals surface area contributed by atoms with Gasteiger partial charge in [0.25, 0.3) is 0 Å². The second-order valence-electron chi connectivity index (χ2n) is 6.72. The van der Waals surface area contributed by atoms with Crippen molar-refractivity contribution in [1.29, 1.82) is 0 Å². The molecule has 1 saturated heterocycles. The number of nitrogens with zero attached hydrogens (tertiary/aromatic N) is 3. The van der Waals surface area contributed by atoms with E-state index in [1.165, 1.54) is 64.1 Å². The van der Waals surface area contributed by atoms with Gasteiger partial charge in [0.15, 0.2) is 5.96 Å². The van der Waals surface area contributed by atoms with Crippen LogP contribution in [0.5, 0.6) is 0 Å². The van der Waals surface area contributed by atoms with Gasteiger partial charge in [-0.3, -0.25) is 4.99 Å². The van der Waals surface area contributed by atoms with Gasteiger partial charge in [-0.25, -0.2) is 0 Å². The number of rotatable bonds is 2. The summed E-state index contributed by atoms with van der Waals surface area (Å²) in [7, 11) is 9.65. The molecule has 0 radical (unpaired) electrons. The van der Waals surface area contributed by atoms with Crippen molar-refractivity contribution >= 4 is 26.1 Å². The Labute approximate surface area is 151 Å². The first-order chi connectivity index (χ1) is 10.1. The molecule has 0 unspecified atom stereocenters. The van der Waals surface area contributed by atoms with Crippen LogP contribution in [0.4, 0.5) is 0 Å². The zero-order valence-electron chi connectivity index (χ0n) is 14.2. The SMILES string of the molecule is CC(C)(C1CCCC1)N1CCCN2CCCN=C21.[CH3-].[Cl][Cr+][Cl]. The normalized spacial score (nSPS) is 22.1. The van der Waals surface area contributed by atoms with E-state index < -0.39 is 0 Å². The molecule has 3 aliphatic rings. The van der Waals surface area contributed by atoms with Gasteiger partial charge in [0.2, 0.25) is 0 Å². The molecule has 22 heavy (non-hydrogen) atoms. The van der Waals surface area contributed by atoms with E-state index in [2.05, 4.69) is 23.6 Å². The van der Waals surface area contributed by atoms with E-state index in [-0.39, 0.29) is 20.8 Å². The van der Waals surface area contributed by atoms with Crippen LogP contribution in [0.1, 0.15) is 52.4 Å². The van der Waals surface area contributed by atoms with Gasteiger partial charge in [-0.15, -0.1) is 0 Å². The molecule has 0 aromatic rings. The number of aliphatic imine (C=N–C) groups is 1. The van der Waals surface area contributed by atoms with Gasteiger partial charge in [-0.1, -0.05) is 12.8 Å². The molecule has 0 aromatic heterocycles. The van der Waals surface area contributed by atoms with E-state index in [9.17, 15) is 0 Å². The molecule has 129 valence electrons. The van der Waals surface area contributed by atoms with E-state index in [0.717, 1.165) is 12.5 Å². The number of hydrogen-bond donors (Lipinski definition) is 0. The van der Waals surface area contributed by atoms with Crippen molar-refractivity contribution < 1.29 is 13.4 Å². The summed E-state index contributed by atoms with van der Waals surface area (Å²) in [5, 5.41) is 0. The van der Waals surface area contributed by atoms with Gasteiger partial charge in [-0.2, -0.15) is 0 Å². The monoisotopic (exact) mass is 386 g/mol. The quantitative estimate of drug-likeness (QED) is 0.648. The topological polar surface area (TPSA) is 18.8 Å². The molecule has 0 N–H and O–H groups in total. The Kier molecular flexibility index (Phi) is 8.94. The Morgan fingerprint density at radius 3 is 2.27 bits per heavy atom. The van der Waals surface area contributed by atoms with Crippen LogP contribution in [-0.2, 0) is 13.4 Å². The summed E-state index contributed by atoms with van der Waals surface area (Å²) in [6, 6.07) is 0. The fourth-order valence-corrected chi connectivity index (χ4v) is 4.03. The van der Waals surface area contributed by atoms with Crippen LogP contribution in [0.15, 0.2) is 4.99 Å². The Hall–Kier alpha value is 0.382. The van der Waals surface area contributed by atoms with Crippen molar-refractivity contribution in [2.45, 2.75) is 57.9 Å². The Morgan fingerprint density at radius 2 is 1.64 bits per heavy atom. The molecular weight excluding hydrogens is 357 g/mol. The fourth-order valence-electron chi connectivity index (χ4n) is 4.03. The first-order valence-electron chi connectivity index (χ1n) is 8.07. The van der Waals surface area contributed by atoms with Crippen molar-refractivity contribution in [3.8, 4) is 0 Å². The van der Waals surface area contributed by atoms with E-state index in [4.69, 9.17) is 25.1 Å². The number of hydrogen-bond acceptors (Lipinski definition) is 3. The average Bonchev–Trinajstić information content (AvgIpc) is 3.02. The van der Waals surface area contributed by atoms with Crippen molar-refractivity contribution in [1.82, 2.24) is 9.80 Å². The predicted molar refractivity (Wildman–Crippen MR) is 94.0 cm³/mol. The third-order valence-corrected chi connectivity index (χ3v) is 5.22. The van der Waals surface area contributed by atoms with Crippen LogP contribution in [0.3, 0.4) is 0 Å².